The van der Waals surface area contributed by atoms with Crippen LogP contribution in [0.15, 0.2) is 83.6 Å². The van der Waals surface area contributed by atoms with Crippen LogP contribution in [0.25, 0.3) is 17.1 Å². The largest absolute Gasteiger partial charge is 0.467 e. The van der Waals surface area contributed by atoms with Crippen LogP contribution >= 0.6 is 0 Å². The van der Waals surface area contributed by atoms with Gasteiger partial charge in [-0.25, -0.2) is 4.98 Å². The number of rotatable bonds is 7. The summed E-state index contributed by atoms with van der Waals surface area (Å²) < 4.78 is 10.9. The summed E-state index contributed by atoms with van der Waals surface area (Å²) in [4.78, 5) is 21.0. The van der Waals surface area contributed by atoms with E-state index in [4.69, 9.17) is 9.15 Å². The molecular formula is C23H19N3O3. The van der Waals surface area contributed by atoms with Gasteiger partial charge in [0.1, 0.15) is 12.4 Å². The molecule has 0 bridgehead atoms. The molecule has 0 fully saturated rings. The number of anilines is 1. The van der Waals surface area contributed by atoms with Gasteiger partial charge in [0, 0.05) is 11.8 Å². The van der Waals surface area contributed by atoms with Crippen LogP contribution in [0.1, 0.15) is 17.0 Å². The normalized spacial score (nSPS) is 11.2. The first-order chi connectivity index (χ1) is 14.3. The second-order valence-electron chi connectivity index (χ2n) is 6.38. The average molecular weight is 385 g/mol. The van der Waals surface area contributed by atoms with Crippen molar-refractivity contribution in [2.24, 2.45) is 0 Å². The van der Waals surface area contributed by atoms with Crippen molar-refractivity contribution in [1.82, 2.24) is 9.97 Å². The Kier molecular flexibility index (Phi) is 5.73. The lowest BCUT2D eigenvalue weighted by molar-refractivity contribution is -0.111. The Hall–Kier alpha value is -3.77. The molecule has 2 heterocycles. The first-order valence-electron chi connectivity index (χ1n) is 9.16. The molecule has 6 heteroatoms. The molecule has 144 valence electrons. The van der Waals surface area contributed by atoms with E-state index in [1.165, 1.54) is 6.08 Å². The van der Waals surface area contributed by atoms with Crippen molar-refractivity contribution in [1.29, 1.82) is 0 Å². The van der Waals surface area contributed by atoms with Gasteiger partial charge in [-0.05, 0) is 48.0 Å². The van der Waals surface area contributed by atoms with Gasteiger partial charge in [0.05, 0.1) is 35.8 Å². The van der Waals surface area contributed by atoms with E-state index in [1.807, 2.05) is 60.7 Å². The Morgan fingerprint density at radius 1 is 1.03 bits per heavy atom. The molecule has 0 spiro atoms. The van der Waals surface area contributed by atoms with Gasteiger partial charge >= 0.3 is 0 Å². The monoisotopic (exact) mass is 385 g/mol. The van der Waals surface area contributed by atoms with Gasteiger partial charge in [0.25, 0.3) is 0 Å². The van der Waals surface area contributed by atoms with Gasteiger partial charge in [-0.1, -0.05) is 24.3 Å². The molecule has 0 atom stereocenters. The SMILES string of the molecule is O=C(/C=C/c1cnc2ccccc2n1)Nc1cccc(COCc2ccco2)c1. The summed E-state index contributed by atoms with van der Waals surface area (Å²) in [5.74, 6) is 0.532. The average Bonchev–Trinajstić information content (AvgIpc) is 3.26. The molecule has 0 aliphatic heterocycles. The van der Waals surface area contributed by atoms with E-state index in [-0.39, 0.29) is 5.91 Å². The van der Waals surface area contributed by atoms with Crippen molar-refractivity contribution in [3.8, 4) is 0 Å². The van der Waals surface area contributed by atoms with E-state index in [0.29, 0.717) is 24.6 Å². The lowest BCUT2D eigenvalue weighted by Gasteiger charge is -2.06. The molecule has 0 aliphatic carbocycles. The number of carbonyl (C=O) groups excluding carboxylic acids is 1. The van der Waals surface area contributed by atoms with E-state index < -0.39 is 0 Å². The summed E-state index contributed by atoms with van der Waals surface area (Å²) >= 11 is 0. The first-order valence-corrected chi connectivity index (χ1v) is 9.16. The third-order valence-corrected chi connectivity index (χ3v) is 4.16. The highest BCUT2D eigenvalue weighted by molar-refractivity contribution is 6.01. The summed E-state index contributed by atoms with van der Waals surface area (Å²) in [5.41, 5.74) is 3.89. The van der Waals surface area contributed by atoms with Gasteiger partial charge in [0.2, 0.25) is 5.91 Å². The zero-order chi connectivity index (χ0) is 19.9. The van der Waals surface area contributed by atoms with E-state index in [2.05, 4.69) is 15.3 Å². The predicted octanol–water partition coefficient (Wildman–Crippen LogP) is 4.59. The molecule has 4 rings (SSSR count). The molecule has 0 radical (unpaired) electrons. The van der Waals surface area contributed by atoms with Crippen LogP contribution in [-0.4, -0.2) is 15.9 Å². The summed E-state index contributed by atoms with van der Waals surface area (Å²) in [5, 5.41) is 2.85. The number of aromatic nitrogens is 2. The van der Waals surface area contributed by atoms with Gasteiger partial charge in [-0.3, -0.25) is 9.78 Å². The number of para-hydroxylation sites is 2. The molecule has 29 heavy (non-hydrogen) atoms. The van der Waals surface area contributed by atoms with Crippen LogP contribution in [-0.2, 0) is 22.7 Å². The Morgan fingerprint density at radius 2 is 1.93 bits per heavy atom. The number of nitrogens with zero attached hydrogens (tertiary/aromatic N) is 2. The van der Waals surface area contributed by atoms with Crippen LogP contribution in [0.2, 0.25) is 0 Å². The molecule has 2 aromatic heterocycles. The lowest BCUT2D eigenvalue weighted by atomic mass is 10.2. The molecule has 1 N–H and O–H groups in total. The fraction of sp³-hybridized carbons (Fsp3) is 0.0870. The number of amides is 1. The van der Waals surface area contributed by atoms with Gasteiger partial charge in [-0.2, -0.15) is 0 Å². The summed E-state index contributed by atoms with van der Waals surface area (Å²) in [6.07, 6.45) is 6.35. The predicted molar refractivity (Wildman–Crippen MR) is 111 cm³/mol. The number of furan rings is 1. The third kappa shape index (κ3) is 5.15. The maximum absolute atomic E-state index is 12.2. The molecule has 0 aliphatic rings. The van der Waals surface area contributed by atoms with E-state index >= 15 is 0 Å². The molecule has 0 saturated carbocycles. The zero-order valence-electron chi connectivity index (χ0n) is 15.6. The van der Waals surface area contributed by atoms with Crippen molar-refractivity contribution >= 4 is 28.7 Å². The van der Waals surface area contributed by atoms with E-state index in [0.717, 1.165) is 22.4 Å². The zero-order valence-corrected chi connectivity index (χ0v) is 15.6. The molecule has 1 amide bonds. The Labute approximate surface area is 167 Å². The number of benzene rings is 2. The minimum Gasteiger partial charge on any atom is -0.467 e. The Balaban J connectivity index is 1.34. The molecule has 0 saturated heterocycles. The van der Waals surface area contributed by atoms with E-state index in [9.17, 15) is 4.79 Å². The van der Waals surface area contributed by atoms with Crippen LogP contribution in [0.3, 0.4) is 0 Å². The van der Waals surface area contributed by atoms with Crippen molar-refractivity contribution in [2.75, 3.05) is 5.32 Å². The van der Waals surface area contributed by atoms with Crippen LogP contribution < -0.4 is 5.32 Å². The highest BCUT2D eigenvalue weighted by Gasteiger charge is 2.02. The number of fused-ring (bicyclic) bond motifs is 1. The standard InChI is InChI=1S/C23H19N3O3/c27-23(11-10-19-14-24-21-8-1-2-9-22(21)25-19)26-18-6-3-5-17(13-18)15-28-16-20-7-4-12-29-20/h1-14H,15-16H2,(H,26,27)/b11-10+. The molecule has 2 aromatic carbocycles. The maximum atomic E-state index is 12.2. The molecule has 0 unspecified atom stereocenters. The van der Waals surface area contributed by atoms with Gasteiger partial charge < -0.3 is 14.5 Å². The quantitative estimate of drug-likeness (QED) is 0.471. The minimum atomic E-state index is -0.242. The van der Waals surface area contributed by atoms with E-state index in [1.54, 1.807) is 18.5 Å². The maximum Gasteiger partial charge on any atom is 0.248 e. The van der Waals surface area contributed by atoms with Crippen molar-refractivity contribution in [2.45, 2.75) is 13.2 Å². The number of hydrogen-bond donors (Lipinski definition) is 1. The molecule has 4 aromatic rings. The topological polar surface area (TPSA) is 77.2 Å². The smallest absolute Gasteiger partial charge is 0.248 e. The van der Waals surface area contributed by atoms with Crippen LogP contribution in [0, 0.1) is 0 Å². The Morgan fingerprint density at radius 3 is 2.79 bits per heavy atom. The van der Waals surface area contributed by atoms with Crippen LogP contribution in [0.4, 0.5) is 5.69 Å². The first kappa shape index (κ1) is 18.6. The van der Waals surface area contributed by atoms with Crippen molar-refractivity contribution in [3.63, 3.8) is 0 Å². The van der Waals surface area contributed by atoms with Crippen LogP contribution in [0.5, 0.6) is 0 Å². The van der Waals surface area contributed by atoms with Gasteiger partial charge in [0.15, 0.2) is 0 Å². The second kappa shape index (κ2) is 8.95. The second-order valence-corrected chi connectivity index (χ2v) is 6.38. The Bertz CT molecular complexity index is 1140. The summed E-state index contributed by atoms with van der Waals surface area (Å²) in [6, 6.07) is 18.8. The number of hydrogen-bond acceptors (Lipinski definition) is 5. The summed E-state index contributed by atoms with van der Waals surface area (Å²) in [7, 11) is 0. The highest BCUT2D eigenvalue weighted by atomic mass is 16.5. The number of carbonyl (C=O) groups is 1. The fourth-order valence-electron chi connectivity index (χ4n) is 2.80. The number of nitrogens with one attached hydrogen (secondary N) is 1. The lowest BCUT2D eigenvalue weighted by Crippen LogP contribution is -2.08. The van der Waals surface area contributed by atoms with Gasteiger partial charge in [-0.15, -0.1) is 0 Å². The third-order valence-electron chi connectivity index (χ3n) is 4.16. The van der Waals surface area contributed by atoms with Crippen molar-refractivity contribution in [3.05, 3.63) is 96.2 Å². The molecular weight excluding hydrogens is 366 g/mol. The molecule has 6 nitrogen and oxygen atoms in total. The summed E-state index contributed by atoms with van der Waals surface area (Å²) in [6.45, 7) is 0.825. The highest BCUT2D eigenvalue weighted by Crippen LogP contribution is 2.14. The fourth-order valence-corrected chi connectivity index (χ4v) is 2.80. The minimum absolute atomic E-state index is 0.242. The number of ether oxygens (including phenoxy) is 1. The van der Waals surface area contributed by atoms with Crippen molar-refractivity contribution < 1.29 is 13.9 Å².